The average Bonchev–Trinajstić information content (AvgIpc) is 3.24. The summed E-state index contributed by atoms with van der Waals surface area (Å²) < 4.78 is 0. The molecule has 2 aliphatic carbocycles. The highest BCUT2D eigenvalue weighted by Gasteiger charge is 2.32. The molecule has 1 unspecified atom stereocenters. The SMILES string of the molecule is C1=CC(C2CCN(CCC3CCCC4=C3CNN4c3ccccc3)CC2)=CCC1. The molecule has 1 aromatic carbocycles. The van der Waals surface area contributed by atoms with Crippen LogP contribution in [0.15, 0.2) is 65.4 Å². The van der Waals surface area contributed by atoms with Crippen molar-refractivity contribution in [1.82, 2.24) is 10.3 Å². The first kappa shape index (κ1) is 19.1. The number of allylic oxidation sites excluding steroid dienone is 5. The number of likely N-dealkylation sites (tertiary alicyclic amines) is 1. The fraction of sp³-hybridized carbons (Fsp3) is 0.538. The van der Waals surface area contributed by atoms with Gasteiger partial charge in [-0.2, -0.15) is 0 Å². The molecule has 0 bridgehead atoms. The Hall–Kier alpha value is -1.84. The van der Waals surface area contributed by atoms with E-state index < -0.39 is 0 Å². The molecule has 2 heterocycles. The molecule has 4 aliphatic rings. The number of hydrogen-bond donors (Lipinski definition) is 1. The van der Waals surface area contributed by atoms with Crippen LogP contribution in [0.3, 0.4) is 0 Å². The van der Waals surface area contributed by atoms with Crippen LogP contribution in [0.1, 0.15) is 51.4 Å². The van der Waals surface area contributed by atoms with Crippen LogP contribution in [-0.2, 0) is 0 Å². The highest BCUT2D eigenvalue weighted by atomic mass is 15.5. The summed E-state index contributed by atoms with van der Waals surface area (Å²) in [7, 11) is 0. The van der Waals surface area contributed by atoms with Crippen molar-refractivity contribution in [2.45, 2.75) is 51.4 Å². The Morgan fingerprint density at radius 3 is 2.66 bits per heavy atom. The van der Waals surface area contributed by atoms with E-state index in [4.69, 9.17) is 0 Å². The zero-order valence-electron chi connectivity index (χ0n) is 17.7. The Labute approximate surface area is 176 Å². The van der Waals surface area contributed by atoms with E-state index in [0.29, 0.717) is 0 Å². The van der Waals surface area contributed by atoms with E-state index in [1.807, 2.05) is 0 Å². The van der Waals surface area contributed by atoms with Crippen molar-refractivity contribution in [2.24, 2.45) is 11.8 Å². The summed E-state index contributed by atoms with van der Waals surface area (Å²) in [6.07, 6.45) is 17.7. The van der Waals surface area contributed by atoms with E-state index in [-0.39, 0.29) is 0 Å². The Bertz CT molecular complexity index is 783. The van der Waals surface area contributed by atoms with Crippen LogP contribution in [-0.4, -0.2) is 31.1 Å². The van der Waals surface area contributed by atoms with Crippen molar-refractivity contribution in [3.05, 3.63) is 65.4 Å². The van der Waals surface area contributed by atoms with Crippen molar-refractivity contribution in [2.75, 3.05) is 31.2 Å². The van der Waals surface area contributed by atoms with Crippen LogP contribution in [0, 0.1) is 11.8 Å². The molecule has 1 fully saturated rings. The second-order valence-corrected chi connectivity index (χ2v) is 9.16. The van der Waals surface area contributed by atoms with Gasteiger partial charge in [-0.1, -0.05) is 36.4 Å². The molecule has 5 rings (SSSR count). The van der Waals surface area contributed by atoms with Crippen molar-refractivity contribution >= 4 is 5.69 Å². The summed E-state index contributed by atoms with van der Waals surface area (Å²) in [5.41, 5.74) is 9.81. The zero-order valence-corrected chi connectivity index (χ0v) is 17.7. The lowest BCUT2D eigenvalue weighted by atomic mass is 9.83. The quantitative estimate of drug-likeness (QED) is 0.723. The van der Waals surface area contributed by atoms with E-state index >= 15 is 0 Å². The average molecular weight is 390 g/mol. The van der Waals surface area contributed by atoms with Crippen LogP contribution in [0.5, 0.6) is 0 Å². The Balaban J connectivity index is 1.16. The monoisotopic (exact) mass is 389 g/mol. The first-order valence-electron chi connectivity index (χ1n) is 11.8. The first-order valence-corrected chi connectivity index (χ1v) is 11.8. The van der Waals surface area contributed by atoms with Crippen molar-refractivity contribution < 1.29 is 0 Å². The van der Waals surface area contributed by atoms with Gasteiger partial charge in [-0.25, -0.2) is 5.43 Å². The smallest absolute Gasteiger partial charge is 0.0574 e. The van der Waals surface area contributed by atoms with E-state index in [9.17, 15) is 0 Å². The van der Waals surface area contributed by atoms with Crippen LogP contribution in [0.2, 0.25) is 0 Å². The van der Waals surface area contributed by atoms with Crippen molar-refractivity contribution in [3.8, 4) is 0 Å². The zero-order chi connectivity index (χ0) is 19.5. The van der Waals surface area contributed by atoms with Crippen molar-refractivity contribution in [1.29, 1.82) is 0 Å². The van der Waals surface area contributed by atoms with E-state index in [2.05, 4.69) is 63.9 Å². The molecule has 154 valence electrons. The van der Waals surface area contributed by atoms with Gasteiger partial charge in [-0.3, -0.25) is 5.01 Å². The van der Waals surface area contributed by atoms with Gasteiger partial charge in [0.2, 0.25) is 0 Å². The second kappa shape index (κ2) is 8.89. The molecule has 1 saturated heterocycles. The number of nitrogens with one attached hydrogen (secondary N) is 1. The normalized spacial score (nSPS) is 26.0. The number of nitrogens with zero attached hydrogens (tertiary/aromatic N) is 2. The summed E-state index contributed by atoms with van der Waals surface area (Å²) in [6, 6.07) is 10.8. The number of piperidine rings is 1. The minimum Gasteiger partial charge on any atom is -0.303 e. The third-order valence-electron chi connectivity index (χ3n) is 7.42. The number of rotatable bonds is 5. The van der Waals surface area contributed by atoms with Gasteiger partial charge in [-0.05, 0) is 106 Å². The molecule has 2 aliphatic heterocycles. The van der Waals surface area contributed by atoms with Gasteiger partial charge in [0.1, 0.15) is 0 Å². The van der Waals surface area contributed by atoms with Crippen LogP contribution >= 0.6 is 0 Å². The van der Waals surface area contributed by atoms with Gasteiger partial charge in [0.25, 0.3) is 0 Å². The fourth-order valence-electron chi connectivity index (χ4n) is 5.76. The first-order chi connectivity index (χ1) is 14.4. The molecular formula is C26H35N3. The van der Waals surface area contributed by atoms with Gasteiger partial charge in [0.15, 0.2) is 0 Å². The number of hydrazine groups is 1. The predicted molar refractivity (Wildman–Crippen MR) is 122 cm³/mol. The molecule has 0 aromatic heterocycles. The summed E-state index contributed by atoms with van der Waals surface area (Å²) in [4.78, 5) is 2.73. The lowest BCUT2D eigenvalue weighted by Crippen LogP contribution is -2.36. The molecular weight excluding hydrogens is 354 g/mol. The maximum atomic E-state index is 3.66. The molecule has 1 atom stereocenters. The van der Waals surface area contributed by atoms with Crippen LogP contribution < -0.4 is 10.4 Å². The lowest BCUT2D eigenvalue weighted by Gasteiger charge is -2.34. The summed E-state index contributed by atoms with van der Waals surface area (Å²) in [5, 5.41) is 2.36. The fourth-order valence-corrected chi connectivity index (χ4v) is 5.76. The van der Waals surface area contributed by atoms with Gasteiger partial charge in [-0.15, -0.1) is 0 Å². The summed E-state index contributed by atoms with van der Waals surface area (Å²) in [6.45, 7) is 4.87. The van der Waals surface area contributed by atoms with Crippen molar-refractivity contribution in [3.63, 3.8) is 0 Å². The standard InChI is InChI=1S/C26H35N3/c1-3-8-21(9-4-1)22-14-17-28(18-15-22)19-16-23-10-7-13-26-25(23)20-27-29(26)24-11-5-2-6-12-24/h2-3,5-6,8-9,11-12,22-23,27H,1,4,7,10,13-20H2. The minimum absolute atomic E-state index is 0.765. The van der Waals surface area contributed by atoms with Gasteiger partial charge >= 0.3 is 0 Å². The largest absolute Gasteiger partial charge is 0.303 e. The predicted octanol–water partition coefficient (Wildman–Crippen LogP) is 5.44. The third-order valence-corrected chi connectivity index (χ3v) is 7.42. The maximum absolute atomic E-state index is 3.66. The molecule has 29 heavy (non-hydrogen) atoms. The van der Waals surface area contributed by atoms with Gasteiger partial charge in [0, 0.05) is 12.2 Å². The molecule has 0 spiro atoms. The molecule has 0 amide bonds. The van der Waals surface area contributed by atoms with E-state index in [1.165, 1.54) is 76.7 Å². The van der Waals surface area contributed by atoms with Crippen LogP contribution in [0.25, 0.3) is 0 Å². The van der Waals surface area contributed by atoms with E-state index in [0.717, 1.165) is 18.4 Å². The summed E-state index contributed by atoms with van der Waals surface area (Å²) >= 11 is 0. The topological polar surface area (TPSA) is 18.5 Å². The maximum Gasteiger partial charge on any atom is 0.0574 e. The van der Waals surface area contributed by atoms with E-state index in [1.54, 1.807) is 16.8 Å². The molecule has 0 radical (unpaired) electrons. The Kier molecular flexibility index (Phi) is 5.87. The number of anilines is 1. The number of hydrogen-bond acceptors (Lipinski definition) is 3. The molecule has 3 nitrogen and oxygen atoms in total. The highest BCUT2D eigenvalue weighted by Crippen LogP contribution is 2.38. The van der Waals surface area contributed by atoms with Gasteiger partial charge in [0.05, 0.1) is 5.69 Å². The molecule has 0 saturated carbocycles. The highest BCUT2D eigenvalue weighted by molar-refractivity contribution is 5.54. The molecule has 1 N–H and O–H groups in total. The molecule has 3 heteroatoms. The Morgan fingerprint density at radius 2 is 1.86 bits per heavy atom. The lowest BCUT2D eigenvalue weighted by molar-refractivity contribution is 0.188. The number of benzene rings is 1. The number of para-hydroxylation sites is 1. The summed E-state index contributed by atoms with van der Waals surface area (Å²) in [5.74, 6) is 1.58. The third kappa shape index (κ3) is 4.22. The minimum atomic E-state index is 0.765. The molecule has 1 aromatic rings. The van der Waals surface area contributed by atoms with Crippen LogP contribution in [0.4, 0.5) is 5.69 Å². The van der Waals surface area contributed by atoms with Gasteiger partial charge < -0.3 is 4.90 Å². The Morgan fingerprint density at radius 1 is 1.00 bits per heavy atom. The second-order valence-electron chi connectivity index (χ2n) is 9.16.